The summed E-state index contributed by atoms with van der Waals surface area (Å²) in [5, 5.41) is 0.156. The van der Waals surface area contributed by atoms with E-state index < -0.39 is 0 Å². The van der Waals surface area contributed by atoms with Crippen molar-refractivity contribution in [2.45, 2.75) is 25.1 Å². The fraction of sp³-hybridized carbons (Fsp3) is 0.294. The zero-order valence-corrected chi connectivity index (χ0v) is 13.9. The Bertz CT molecular complexity index is 578. The first-order valence-electron chi connectivity index (χ1n) is 6.65. The molecule has 0 nitrogen and oxygen atoms in total. The first-order valence-corrected chi connectivity index (χ1v) is 7.94. The van der Waals surface area contributed by atoms with Gasteiger partial charge in [0.15, 0.2) is 0 Å². The van der Waals surface area contributed by atoms with E-state index in [0.29, 0.717) is 5.92 Å². The highest BCUT2D eigenvalue weighted by molar-refractivity contribution is 9.09. The van der Waals surface area contributed by atoms with Crippen LogP contribution in [0.3, 0.4) is 0 Å². The normalized spacial score (nSPS) is 12.7. The lowest BCUT2D eigenvalue weighted by atomic mass is 9.99. The van der Waals surface area contributed by atoms with Crippen molar-refractivity contribution in [1.82, 2.24) is 0 Å². The molecule has 0 aliphatic rings. The molecule has 0 radical (unpaired) electrons. The van der Waals surface area contributed by atoms with Gasteiger partial charge in [0.05, 0.1) is 9.85 Å². The number of hydrogen-bond donors (Lipinski definition) is 0. The summed E-state index contributed by atoms with van der Waals surface area (Å²) in [5.41, 5.74) is 3.42. The van der Waals surface area contributed by atoms with Gasteiger partial charge in [-0.25, -0.2) is 4.39 Å². The van der Waals surface area contributed by atoms with E-state index >= 15 is 0 Å². The van der Waals surface area contributed by atoms with E-state index in [1.165, 1.54) is 11.6 Å². The van der Waals surface area contributed by atoms with Crippen LogP contribution in [0.15, 0.2) is 42.5 Å². The second-order valence-corrected chi connectivity index (χ2v) is 6.70. The quantitative estimate of drug-likeness (QED) is 0.576. The average molecular weight is 356 g/mol. The van der Waals surface area contributed by atoms with Gasteiger partial charge in [-0.2, -0.15) is 0 Å². The molecule has 2 aromatic rings. The van der Waals surface area contributed by atoms with Crippen LogP contribution in [-0.4, -0.2) is 0 Å². The summed E-state index contributed by atoms with van der Waals surface area (Å²) in [4.78, 5) is 0.0219. The maximum atomic E-state index is 13.2. The van der Waals surface area contributed by atoms with E-state index in [1.807, 2.05) is 0 Å². The van der Waals surface area contributed by atoms with E-state index in [0.717, 1.165) is 17.5 Å². The van der Waals surface area contributed by atoms with Crippen LogP contribution in [0.2, 0.25) is 5.02 Å². The Morgan fingerprint density at radius 2 is 1.65 bits per heavy atom. The van der Waals surface area contributed by atoms with Crippen LogP contribution in [0.25, 0.3) is 0 Å². The number of alkyl halides is 1. The average Bonchev–Trinajstić information content (AvgIpc) is 2.41. The topological polar surface area (TPSA) is 0 Å². The van der Waals surface area contributed by atoms with Crippen LogP contribution in [0.1, 0.15) is 35.4 Å². The van der Waals surface area contributed by atoms with Crippen LogP contribution in [0.5, 0.6) is 0 Å². The molecular weight excluding hydrogens is 339 g/mol. The first kappa shape index (κ1) is 15.5. The Labute approximate surface area is 133 Å². The molecule has 0 aromatic heterocycles. The van der Waals surface area contributed by atoms with Gasteiger partial charge >= 0.3 is 0 Å². The SMILES string of the molecule is CC(C)Cc1ccc(C(Br)c2ccc(F)c(Cl)c2)cc1. The maximum Gasteiger partial charge on any atom is 0.141 e. The third-order valence-corrected chi connectivity index (χ3v) is 4.50. The van der Waals surface area contributed by atoms with Gasteiger partial charge in [-0.3, -0.25) is 0 Å². The molecule has 2 aromatic carbocycles. The minimum atomic E-state index is -0.387. The summed E-state index contributed by atoms with van der Waals surface area (Å²) in [6.45, 7) is 4.42. The first-order chi connectivity index (χ1) is 9.47. The lowest BCUT2D eigenvalue weighted by Crippen LogP contribution is -1.97. The minimum absolute atomic E-state index is 0.0219. The van der Waals surface area contributed by atoms with Gasteiger partial charge < -0.3 is 0 Å². The van der Waals surface area contributed by atoms with E-state index in [2.05, 4.69) is 54.0 Å². The molecule has 0 amide bonds. The molecule has 3 heteroatoms. The summed E-state index contributed by atoms with van der Waals surface area (Å²) < 4.78 is 13.2. The predicted octanol–water partition coefficient (Wildman–Crippen LogP) is 6.16. The molecule has 0 fully saturated rings. The van der Waals surface area contributed by atoms with Crippen LogP contribution < -0.4 is 0 Å². The van der Waals surface area contributed by atoms with Crippen molar-refractivity contribution in [2.24, 2.45) is 5.92 Å². The second kappa shape index (κ2) is 6.73. The predicted molar refractivity (Wildman–Crippen MR) is 87.2 cm³/mol. The van der Waals surface area contributed by atoms with Crippen LogP contribution in [0, 0.1) is 11.7 Å². The third kappa shape index (κ3) is 3.83. The van der Waals surface area contributed by atoms with Crippen LogP contribution in [0.4, 0.5) is 4.39 Å². The van der Waals surface area contributed by atoms with E-state index in [1.54, 1.807) is 12.1 Å². The molecule has 1 atom stereocenters. The van der Waals surface area contributed by atoms with Gasteiger partial charge in [-0.1, -0.05) is 71.7 Å². The summed E-state index contributed by atoms with van der Waals surface area (Å²) in [6, 6.07) is 13.3. The molecule has 0 heterocycles. The summed E-state index contributed by atoms with van der Waals surface area (Å²) >= 11 is 9.48. The number of halogens is 3. The highest BCUT2D eigenvalue weighted by Crippen LogP contribution is 2.33. The van der Waals surface area contributed by atoms with Gasteiger partial charge in [0.25, 0.3) is 0 Å². The molecule has 2 rings (SSSR count). The van der Waals surface area contributed by atoms with Crippen molar-refractivity contribution in [3.63, 3.8) is 0 Å². The number of hydrogen-bond acceptors (Lipinski definition) is 0. The lowest BCUT2D eigenvalue weighted by molar-refractivity contribution is 0.627. The highest BCUT2D eigenvalue weighted by Gasteiger charge is 2.12. The second-order valence-electron chi connectivity index (χ2n) is 5.38. The third-order valence-electron chi connectivity index (χ3n) is 3.15. The van der Waals surface area contributed by atoms with Crippen LogP contribution >= 0.6 is 27.5 Å². The van der Waals surface area contributed by atoms with Gasteiger partial charge in [0.2, 0.25) is 0 Å². The van der Waals surface area contributed by atoms with Crippen molar-refractivity contribution >= 4 is 27.5 Å². The van der Waals surface area contributed by atoms with Gasteiger partial charge in [0, 0.05) is 0 Å². The van der Waals surface area contributed by atoms with Gasteiger partial charge in [-0.15, -0.1) is 0 Å². The van der Waals surface area contributed by atoms with E-state index in [4.69, 9.17) is 11.6 Å². The van der Waals surface area contributed by atoms with Crippen molar-refractivity contribution in [3.05, 3.63) is 70.0 Å². The molecule has 106 valence electrons. The fourth-order valence-corrected chi connectivity index (χ4v) is 2.94. The molecule has 20 heavy (non-hydrogen) atoms. The van der Waals surface area contributed by atoms with E-state index in [-0.39, 0.29) is 15.7 Å². The Morgan fingerprint density at radius 1 is 1.05 bits per heavy atom. The molecule has 0 saturated heterocycles. The van der Waals surface area contributed by atoms with Gasteiger partial charge in [0.1, 0.15) is 5.82 Å². The standard InChI is InChI=1S/C17H17BrClF/c1-11(2)9-12-3-5-13(6-4-12)17(18)14-7-8-16(20)15(19)10-14/h3-8,10-11,17H,9H2,1-2H3. The fourth-order valence-electron chi connectivity index (χ4n) is 2.16. The van der Waals surface area contributed by atoms with Crippen molar-refractivity contribution in [3.8, 4) is 0 Å². The molecule has 0 saturated carbocycles. The largest absolute Gasteiger partial charge is 0.205 e. The Morgan fingerprint density at radius 3 is 2.20 bits per heavy atom. The molecular formula is C17H17BrClF. The molecule has 1 unspecified atom stereocenters. The van der Waals surface area contributed by atoms with Crippen LogP contribution in [-0.2, 0) is 6.42 Å². The minimum Gasteiger partial charge on any atom is -0.205 e. The Kier molecular flexibility index (Phi) is 5.22. The summed E-state index contributed by atoms with van der Waals surface area (Å²) in [7, 11) is 0. The Hall–Kier alpha value is -0.860. The number of rotatable bonds is 4. The summed E-state index contributed by atoms with van der Waals surface area (Å²) in [6.07, 6.45) is 1.08. The zero-order valence-electron chi connectivity index (χ0n) is 11.5. The summed E-state index contributed by atoms with van der Waals surface area (Å²) in [5.74, 6) is 0.263. The number of benzene rings is 2. The molecule has 0 bridgehead atoms. The Balaban J connectivity index is 2.20. The molecule has 0 N–H and O–H groups in total. The molecule has 0 spiro atoms. The van der Waals surface area contributed by atoms with Gasteiger partial charge in [-0.05, 0) is 41.2 Å². The highest BCUT2D eigenvalue weighted by atomic mass is 79.9. The van der Waals surface area contributed by atoms with Crippen molar-refractivity contribution in [2.75, 3.05) is 0 Å². The molecule has 0 aliphatic carbocycles. The smallest absolute Gasteiger partial charge is 0.141 e. The zero-order chi connectivity index (χ0) is 14.7. The maximum absolute atomic E-state index is 13.2. The van der Waals surface area contributed by atoms with Crippen molar-refractivity contribution < 1.29 is 4.39 Å². The lowest BCUT2D eigenvalue weighted by Gasteiger charge is -2.13. The van der Waals surface area contributed by atoms with E-state index in [9.17, 15) is 4.39 Å². The van der Waals surface area contributed by atoms with Crippen molar-refractivity contribution in [1.29, 1.82) is 0 Å². The monoisotopic (exact) mass is 354 g/mol. The molecule has 0 aliphatic heterocycles.